The minimum atomic E-state index is -3.78. The average molecular weight is 336 g/mol. The number of rotatable bonds is 2. The molecule has 2 rings (SSSR count). The van der Waals surface area contributed by atoms with Gasteiger partial charge in [-0.3, -0.25) is 4.79 Å². The quantitative estimate of drug-likeness (QED) is 0.780. The van der Waals surface area contributed by atoms with E-state index in [9.17, 15) is 13.2 Å². The molecule has 0 radical (unpaired) electrons. The Hall–Kier alpha value is -0.590. The fourth-order valence-corrected chi connectivity index (χ4v) is 5.01. The molecule has 1 aromatic heterocycles. The van der Waals surface area contributed by atoms with Crippen LogP contribution in [0.15, 0.2) is 9.59 Å². The highest BCUT2D eigenvalue weighted by atomic mass is 35.7. The number of piperidine rings is 1. The lowest BCUT2D eigenvalue weighted by atomic mass is 9.88. The molecule has 1 fully saturated rings. The van der Waals surface area contributed by atoms with Gasteiger partial charge in [0.2, 0.25) is 0 Å². The molecule has 0 aliphatic carbocycles. The van der Waals surface area contributed by atoms with Gasteiger partial charge in [-0.2, -0.15) is 0 Å². The van der Waals surface area contributed by atoms with E-state index in [-0.39, 0.29) is 10.1 Å². The summed E-state index contributed by atoms with van der Waals surface area (Å²) >= 11 is 1.01. The molecular weight excluding hydrogens is 318 g/mol. The molecule has 2 unspecified atom stereocenters. The van der Waals surface area contributed by atoms with Crippen molar-refractivity contribution < 1.29 is 13.2 Å². The van der Waals surface area contributed by atoms with Crippen LogP contribution in [0.25, 0.3) is 0 Å². The summed E-state index contributed by atoms with van der Waals surface area (Å²) in [6, 6.07) is 0. The Morgan fingerprint density at radius 2 is 2.05 bits per heavy atom. The summed E-state index contributed by atoms with van der Waals surface area (Å²) in [7, 11) is 1.59. The fourth-order valence-electron chi connectivity index (χ4n) is 2.47. The Labute approximate surface area is 128 Å². The van der Waals surface area contributed by atoms with Gasteiger partial charge in [0.25, 0.3) is 15.0 Å². The van der Waals surface area contributed by atoms with Crippen molar-refractivity contribution in [2.45, 2.75) is 31.4 Å². The second-order valence-electron chi connectivity index (χ2n) is 5.49. The van der Waals surface area contributed by atoms with E-state index in [2.05, 4.69) is 13.8 Å². The Bertz CT molecular complexity index is 624. The number of carbonyl (C=O) groups is 1. The van der Waals surface area contributed by atoms with Crippen LogP contribution in [0.1, 0.15) is 36.2 Å². The van der Waals surface area contributed by atoms with E-state index < -0.39 is 9.05 Å². The molecule has 1 saturated heterocycles. The van der Waals surface area contributed by atoms with Crippen molar-refractivity contribution in [3.63, 3.8) is 0 Å². The first-order valence-corrected chi connectivity index (χ1v) is 9.72. The number of amides is 1. The minimum Gasteiger partial charge on any atom is -0.338 e. The highest BCUT2D eigenvalue weighted by molar-refractivity contribution is 8.15. The van der Waals surface area contributed by atoms with Gasteiger partial charge in [0.15, 0.2) is 0 Å². The van der Waals surface area contributed by atoms with E-state index in [4.69, 9.17) is 10.7 Å². The van der Waals surface area contributed by atoms with Gasteiger partial charge in [0.05, 0.1) is 5.56 Å². The van der Waals surface area contributed by atoms with E-state index in [1.54, 1.807) is 12.3 Å². The molecule has 0 saturated carbocycles. The monoisotopic (exact) mass is 335 g/mol. The predicted octanol–water partition coefficient (Wildman–Crippen LogP) is 3.10. The molecule has 0 spiro atoms. The van der Waals surface area contributed by atoms with Crippen LogP contribution in [-0.2, 0) is 9.05 Å². The van der Waals surface area contributed by atoms with Gasteiger partial charge in [-0.1, -0.05) is 13.8 Å². The molecule has 1 aliphatic rings. The summed E-state index contributed by atoms with van der Waals surface area (Å²) in [5.41, 5.74) is 0.914. The van der Waals surface area contributed by atoms with Crippen LogP contribution in [0.5, 0.6) is 0 Å². The van der Waals surface area contributed by atoms with Crippen molar-refractivity contribution in [1.29, 1.82) is 0 Å². The number of nitrogens with zero attached hydrogens (tertiary/aromatic N) is 1. The third kappa shape index (κ3) is 3.02. The van der Waals surface area contributed by atoms with Gasteiger partial charge in [-0.15, -0.1) is 11.3 Å². The number of carbonyl (C=O) groups excluding carboxylic acids is 1. The Balaban J connectivity index is 2.25. The maximum absolute atomic E-state index is 12.5. The highest BCUT2D eigenvalue weighted by Gasteiger charge is 2.29. The zero-order valence-electron chi connectivity index (χ0n) is 11.7. The molecule has 2 atom stereocenters. The van der Waals surface area contributed by atoms with E-state index in [1.165, 1.54) is 0 Å². The lowest BCUT2D eigenvalue weighted by Gasteiger charge is -2.35. The maximum atomic E-state index is 12.5. The Kier molecular flexibility index (Phi) is 4.47. The molecule has 20 heavy (non-hydrogen) atoms. The van der Waals surface area contributed by atoms with E-state index in [1.807, 2.05) is 4.90 Å². The SMILES string of the molecule is Cc1c(C(=O)N2CCC(C)C(C)C2)csc1S(=O)(=O)Cl. The van der Waals surface area contributed by atoms with Gasteiger partial charge in [-0.25, -0.2) is 8.42 Å². The van der Waals surface area contributed by atoms with E-state index >= 15 is 0 Å². The molecule has 2 heterocycles. The van der Waals surface area contributed by atoms with Gasteiger partial charge in [-0.05, 0) is 30.7 Å². The summed E-state index contributed by atoms with van der Waals surface area (Å²) in [5.74, 6) is 0.980. The normalized spacial score (nSPS) is 23.9. The van der Waals surface area contributed by atoms with Gasteiger partial charge in [0, 0.05) is 29.2 Å². The smallest absolute Gasteiger partial charge is 0.271 e. The van der Waals surface area contributed by atoms with Crippen molar-refractivity contribution in [2.24, 2.45) is 11.8 Å². The van der Waals surface area contributed by atoms with Crippen LogP contribution < -0.4 is 0 Å². The lowest BCUT2D eigenvalue weighted by molar-refractivity contribution is 0.0627. The maximum Gasteiger partial charge on any atom is 0.271 e. The predicted molar refractivity (Wildman–Crippen MR) is 80.9 cm³/mol. The minimum absolute atomic E-state index is 0.0703. The number of thiophene rings is 1. The molecular formula is C13H18ClNO3S2. The number of likely N-dealkylation sites (tertiary alicyclic amines) is 1. The van der Waals surface area contributed by atoms with Crippen LogP contribution >= 0.6 is 22.0 Å². The first-order chi connectivity index (χ1) is 9.21. The number of hydrogen-bond acceptors (Lipinski definition) is 4. The molecule has 4 nitrogen and oxygen atoms in total. The third-order valence-corrected chi connectivity index (χ3v) is 7.37. The second kappa shape index (κ2) is 5.66. The average Bonchev–Trinajstić information content (AvgIpc) is 2.73. The van der Waals surface area contributed by atoms with Crippen molar-refractivity contribution in [2.75, 3.05) is 13.1 Å². The summed E-state index contributed by atoms with van der Waals surface area (Å²) in [5, 5.41) is 1.59. The Morgan fingerprint density at radius 1 is 1.40 bits per heavy atom. The zero-order valence-corrected chi connectivity index (χ0v) is 14.1. The second-order valence-corrected chi connectivity index (χ2v) is 9.13. The van der Waals surface area contributed by atoms with E-state index in [0.717, 1.165) is 30.8 Å². The topological polar surface area (TPSA) is 54.5 Å². The molecule has 7 heteroatoms. The van der Waals surface area contributed by atoms with Crippen molar-refractivity contribution in [3.8, 4) is 0 Å². The molecule has 0 N–H and O–H groups in total. The van der Waals surface area contributed by atoms with Crippen LogP contribution in [0, 0.1) is 18.8 Å². The number of hydrogen-bond donors (Lipinski definition) is 0. The van der Waals surface area contributed by atoms with Crippen molar-refractivity contribution >= 4 is 37.0 Å². The van der Waals surface area contributed by atoms with Crippen molar-refractivity contribution in [3.05, 3.63) is 16.5 Å². The summed E-state index contributed by atoms with van der Waals surface area (Å²) in [6.07, 6.45) is 0.983. The van der Waals surface area contributed by atoms with Crippen molar-refractivity contribution in [1.82, 2.24) is 4.90 Å². The summed E-state index contributed by atoms with van der Waals surface area (Å²) in [6.45, 7) is 7.41. The largest absolute Gasteiger partial charge is 0.338 e. The molecule has 0 bridgehead atoms. The van der Waals surface area contributed by atoms with Crippen LogP contribution in [-0.4, -0.2) is 32.3 Å². The first kappa shape index (κ1) is 15.8. The molecule has 112 valence electrons. The zero-order chi connectivity index (χ0) is 15.1. The molecule has 1 aromatic rings. The third-order valence-electron chi connectivity index (χ3n) is 4.07. The summed E-state index contributed by atoms with van der Waals surface area (Å²) in [4.78, 5) is 14.3. The highest BCUT2D eigenvalue weighted by Crippen LogP contribution is 2.31. The van der Waals surface area contributed by atoms with Crippen LogP contribution in [0.4, 0.5) is 0 Å². The first-order valence-electron chi connectivity index (χ1n) is 6.53. The summed E-state index contributed by atoms with van der Waals surface area (Å²) < 4.78 is 22.9. The Morgan fingerprint density at radius 3 is 2.55 bits per heavy atom. The van der Waals surface area contributed by atoms with Gasteiger partial charge < -0.3 is 4.90 Å². The molecule has 1 amide bonds. The molecule has 0 aromatic carbocycles. The standard InChI is InChI=1S/C13H18ClNO3S2/c1-8-4-5-15(6-9(8)2)12(16)11-7-19-13(10(11)3)20(14,17)18/h7-9H,4-6H2,1-3H3. The van der Waals surface area contributed by atoms with Crippen LogP contribution in [0.3, 0.4) is 0 Å². The fraction of sp³-hybridized carbons (Fsp3) is 0.615. The number of halogens is 1. The molecule has 1 aliphatic heterocycles. The lowest BCUT2D eigenvalue weighted by Crippen LogP contribution is -2.42. The van der Waals surface area contributed by atoms with E-state index in [0.29, 0.717) is 23.0 Å². The van der Waals surface area contributed by atoms with Crippen LogP contribution in [0.2, 0.25) is 0 Å². The van der Waals surface area contributed by atoms with Gasteiger partial charge >= 0.3 is 0 Å². The van der Waals surface area contributed by atoms with Gasteiger partial charge in [0.1, 0.15) is 4.21 Å².